The molecule has 0 aromatic heterocycles. The standard InChI is InChI=1S/C11H24N2O2/c1-14-9-3-5-12-4-2-6-13-7-10-15-11-8-13/h12H,2-11H2,1H3. The molecule has 0 aromatic carbocycles. The van der Waals surface area contributed by atoms with Crippen LogP contribution in [0.1, 0.15) is 12.8 Å². The van der Waals surface area contributed by atoms with Crippen molar-refractivity contribution >= 4 is 0 Å². The Morgan fingerprint density at radius 2 is 1.93 bits per heavy atom. The zero-order valence-corrected chi connectivity index (χ0v) is 9.83. The molecule has 0 aromatic rings. The van der Waals surface area contributed by atoms with Crippen LogP contribution in [0, 0.1) is 0 Å². The summed E-state index contributed by atoms with van der Waals surface area (Å²) in [5.74, 6) is 0. The minimum absolute atomic E-state index is 0.858. The lowest BCUT2D eigenvalue weighted by atomic mass is 10.3. The lowest BCUT2D eigenvalue weighted by Gasteiger charge is -2.26. The minimum Gasteiger partial charge on any atom is -0.385 e. The van der Waals surface area contributed by atoms with Gasteiger partial charge in [-0.1, -0.05) is 0 Å². The maximum atomic E-state index is 5.30. The summed E-state index contributed by atoms with van der Waals surface area (Å²) in [6.45, 7) is 8.24. The first kappa shape index (κ1) is 12.9. The largest absolute Gasteiger partial charge is 0.385 e. The smallest absolute Gasteiger partial charge is 0.0594 e. The molecule has 1 rings (SSSR count). The highest BCUT2D eigenvalue weighted by molar-refractivity contribution is 4.62. The Morgan fingerprint density at radius 1 is 1.20 bits per heavy atom. The summed E-state index contributed by atoms with van der Waals surface area (Å²) in [7, 11) is 1.75. The summed E-state index contributed by atoms with van der Waals surface area (Å²) in [4.78, 5) is 2.47. The first-order valence-electron chi connectivity index (χ1n) is 5.93. The van der Waals surface area contributed by atoms with Gasteiger partial charge >= 0.3 is 0 Å². The number of hydrogen-bond acceptors (Lipinski definition) is 4. The van der Waals surface area contributed by atoms with Crippen LogP contribution in [0.5, 0.6) is 0 Å². The van der Waals surface area contributed by atoms with E-state index in [1.807, 2.05) is 0 Å². The molecule has 0 aliphatic carbocycles. The van der Waals surface area contributed by atoms with Crippen molar-refractivity contribution in [1.29, 1.82) is 0 Å². The summed E-state index contributed by atoms with van der Waals surface area (Å²) in [5.41, 5.74) is 0. The van der Waals surface area contributed by atoms with Crippen LogP contribution < -0.4 is 5.32 Å². The maximum Gasteiger partial charge on any atom is 0.0594 e. The van der Waals surface area contributed by atoms with Crippen LogP contribution in [0.15, 0.2) is 0 Å². The number of ether oxygens (including phenoxy) is 2. The van der Waals surface area contributed by atoms with E-state index in [1.54, 1.807) is 7.11 Å². The SMILES string of the molecule is COCCCNCCCN1CCOCC1. The van der Waals surface area contributed by atoms with Gasteiger partial charge in [-0.25, -0.2) is 0 Å². The first-order valence-corrected chi connectivity index (χ1v) is 5.93. The van der Waals surface area contributed by atoms with Crippen molar-refractivity contribution in [2.75, 3.05) is 59.7 Å². The van der Waals surface area contributed by atoms with Gasteiger partial charge in [-0.3, -0.25) is 4.90 Å². The van der Waals surface area contributed by atoms with Gasteiger partial charge < -0.3 is 14.8 Å². The van der Waals surface area contributed by atoms with Crippen molar-refractivity contribution in [1.82, 2.24) is 10.2 Å². The molecule has 1 aliphatic heterocycles. The van der Waals surface area contributed by atoms with Gasteiger partial charge in [-0.05, 0) is 32.5 Å². The number of rotatable bonds is 8. The van der Waals surface area contributed by atoms with Crippen molar-refractivity contribution in [2.24, 2.45) is 0 Å². The Kier molecular flexibility index (Phi) is 7.83. The maximum absolute atomic E-state index is 5.30. The summed E-state index contributed by atoms with van der Waals surface area (Å²) >= 11 is 0. The molecule has 0 amide bonds. The average molecular weight is 216 g/mol. The molecule has 0 saturated carbocycles. The molecule has 15 heavy (non-hydrogen) atoms. The van der Waals surface area contributed by atoms with E-state index in [1.165, 1.54) is 13.0 Å². The minimum atomic E-state index is 0.858. The van der Waals surface area contributed by atoms with Gasteiger partial charge in [0.2, 0.25) is 0 Å². The molecule has 0 atom stereocenters. The Labute approximate surface area is 92.9 Å². The summed E-state index contributed by atoms with van der Waals surface area (Å²) in [6, 6.07) is 0. The molecular formula is C11H24N2O2. The summed E-state index contributed by atoms with van der Waals surface area (Å²) in [6.07, 6.45) is 2.33. The number of hydrogen-bond donors (Lipinski definition) is 1. The molecular weight excluding hydrogens is 192 g/mol. The van der Waals surface area contributed by atoms with E-state index >= 15 is 0 Å². The Morgan fingerprint density at radius 3 is 2.67 bits per heavy atom. The zero-order valence-electron chi connectivity index (χ0n) is 9.83. The van der Waals surface area contributed by atoms with Crippen molar-refractivity contribution in [3.63, 3.8) is 0 Å². The van der Waals surface area contributed by atoms with Gasteiger partial charge in [-0.2, -0.15) is 0 Å². The Balaban J connectivity index is 1.79. The second-order valence-corrected chi connectivity index (χ2v) is 3.90. The van der Waals surface area contributed by atoms with E-state index < -0.39 is 0 Å². The summed E-state index contributed by atoms with van der Waals surface area (Å²) < 4.78 is 10.3. The molecule has 90 valence electrons. The normalized spacial score (nSPS) is 18.2. The van der Waals surface area contributed by atoms with Crippen LogP contribution in [-0.2, 0) is 9.47 Å². The highest BCUT2D eigenvalue weighted by Crippen LogP contribution is 1.97. The third-order valence-corrected chi connectivity index (χ3v) is 2.63. The molecule has 0 bridgehead atoms. The fraction of sp³-hybridized carbons (Fsp3) is 1.00. The third-order valence-electron chi connectivity index (χ3n) is 2.63. The van der Waals surface area contributed by atoms with Gasteiger partial charge in [-0.15, -0.1) is 0 Å². The number of morpholine rings is 1. The predicted molar refractivity (Wildman–Crippen MR) is 61.2 cm³/mol. The van der Waals surface area contributed by atoms with Crippen molar-refractivity contribution < 1.29 is 9.47 Å². The average Bonchev–Trinajstić information content (AvgIpc) is 2.29. The second kappa shape index (κ2) is 9.09. The van der Waals surface area contributed by atoms with E-state index in [0.717, 1.165) is 52.4 Å². The predicted octanol–water partition coefficient (Wildman–Crippen LogP) is 0.335. The molecule has 1 fully saturated rings. The summed E-state index contributed by atoms with van der Waals surface area (Å²) in [5, 5.41) is 3.42. The van der Waals surface area contributed by atoms with Crippen LogP contribution in [0.4, 0.5) is 0 Å². The highest BCUT2D eigenvalue weighted by Gasteiger charge is 2.08. The van der Waals surface area contributed by atoms with E-state index in [0.29, 0.717) is 0 Å². The molecule has 1 saturated heterocycles. The van der Waals surface area contributed by atoms with Gasteiger partial charge in [0.25, 0.3) is 0 Å². The molecule has 4 heteroatoms. The van der Waals surface area contributed by atoms with Gasteiger partial charge in [0.15, 0.2) is 0 Å². The first-order chi connectivity index (χ1) is 7.43. The van der Waals surface area contributed by atoms with Crippen molar-refractivity contribution in [3.8, 4) is 0 Å². The zero-order chi connectivity index (χ0) is 10.8. The van der Waals surface area contributed by atoms with Gasteiger partial charge in [0.05, 0.1) is 13.2 Å². The molecule has 0 unspecified atom stereocenters. The lowest BCUT2D eigenvalue weighted by molar-refractivity contribution is 0.0374. The molecule has 0 radical (unpaired) electrons. The number of nitrogens with one attached hydrogen (secondary N) is 1. The van der Waals surface area contributed by atoms with Crippen LogP contribution in [0.3, 0.4) is 0 Å². The fourth-order valence-corrected chi connectivity index (χ4v) is 1.72. The Hall–Kier alpha value is -0.160. The van der Waals surface area contributed by atoms with Crippen LogP contribution in [-0.4, -0.2) is 64.6 Å². The van der Waals surface area contributed by atoms with Gasteiger partial charge in [0, 0.05) is 26.8 Å². The Bertz CT molecular complexity index is 139. The molecule has 1 N–H and O–H groups in total. The molecule has 1 aliphatic rings. The third kappa shape index (κ3) is 6.84. The molecule has 4 nitrogen and oxygen atoms in total. The topological polar surface area (TPSA) is 33.7 Å². The van der Waals surface area contributed by atoms with Crippen molar-refractivity contribution in [3.05, 3.63) is 0 Å². The quantitative estimate of drug-likeness (QED) is 0.593. The van der Waals surface area contributed by atoms with Crippen LogP contribution in [0.2, 0.25) is 0 Å². The monoisotopic (exact) mass is 216 g/mol. The highest BCUT2D eigenvalue weighted by atomic mass is 16.5. The van der Waals surface area contributed by atoms with E-state index in [-0.39, 0.29) is 0 Å². The number of methoxy groups -OCH3 is 1. The fourth-order valence-electron chi connectivity index (χ4n) is 1.72. The second-order valence-electron chi connectivity index (χ2n) is 3.90. The number of nitrogens with zero attached hydrogens (tertiary/aromatic N) is 1. The van der Waals surface area contributed by atoms with E-state index in [4.69, 9.17) is 9.47 Å². The van der Waals surface area contributed by atoms with E-state index in [9.17, 15) is 0 Å². The van der Waals surface area contributed by atoms with E-state index in [2.05, 4.69) is 10.2 Å². The van der Waals surface area contributed by atoms with Gasteiger partial charge in [0.1, 0.15) is 0 Å². The van der Waals surface area contributed by atoms with Crippen molar-refractivity contribution in [2.45, 2.75) is 12.8 Å². The molecule has 1 heterocycles. The molecule has 0 spiro atoms. The lowest BCUT2D eigenvalue weighted by Crippen LogP contribution is -2.37. The van der Waals surface area contributed by atoms with Crippen LogP contribution >= 0.6 is 0 Å². The van der Waals surface area contributed by atoms with Crippen LogP contribution in [0.25, 0.3) is 0 Å².